The van der Waals surface area contributed by atoms with Gasteiger partial charge >= 0.3 is 6.09 Å². The highest BCUT2D eigenvalue weighted by Crippen LogP contribution is 2.62. The molecule has 5 aliphatic rings. The number of aliphatic hydroxyl groups is 2. The third-order valence-electron chi connectivity index (χ3n) is 15.6. The van der Waals surface area contributed by atoms with Gasteiger partial charge in [0.2, 0.25) is 18.9 Å². The summed E-state index contributed by atoms with van der Waals surface area (Å²) in [6.45, 7) is 8.39. The van der Waals surface area contributed by atoms with Crippen LogP contribution in [0.5, 0.6) is 23.0 Å². The predicted octanol–water partition coefficient (Wildman–Crippen LogP) is 13.3. The molecule has 0 aromatic heterocycles. The Morgan fingerprint density at radius 3 is 2.37 bits per heavy atom. The van der Waals surface area contributed by atoms with Crippen molar-refractivity contribution in [3.8, 4) is 23.0 Å². The number of ether oxygens (including phenoxy) is 7. The summed E-state index contributed by atoms with van der Waals surface area (Å²) in [6, 6.07) is 21.5. The molecule has 3 aromatic carbocycles. The molecule has 3 aliphatic heterocycles. The minimum atomic E-state index is -1.47. The Bertz CT molecular complexity index is 2290. The second kappa shape index (κ2) is 29.7. The zero-order valence-electron chi connectivity index (χ0n) is 44.6. The Morgan fingerprint density at radius 1 is 0.853 bits per heavy atom. The lowest BCUT2D eigenvalue weighted by molar-refractivity contribution is -0.256. The number of carbonyl (C=O) groups excluding carboxylic acids is 1. The van der Waals surface area contributed by atoms with Crippen LogP contribution in [0.4, 0.5) is 4.79 Å². The molecule has 0 spiro atoms. The number of thioether (sulfide) groups is 1. The minimum Gasteiger partial charge on any atom is -0.493 e. The van der Waals surface area contributed by atoms with E-state index in [1.807, 2.05) is 48.5 Å². The second-order valence-corrected chi connectivity index (χ2v) is 22.0. The summed E-state index contributed by atoms with van der Waals surface area (Å²) >= 11 is 1.76. The van der Waals surface area contributed by atoms with Gasteiger partial charge in [0.05, 0.1) is 38.1 Å². The van der Waals surface area contributed by atoms with E-state index in [1.165, 1.54) is 49.8 Å². The van der Waals surface area contributed by atoms with E-state index in [4.69, 9.17) is 43.2 Å². The number of unbranched alkanes of at least 4 members (excludes halogenated alkanes) is 11. The molecule has 2 aliphatic carbocycles. The monoisotopic (exact) mass is 1050 g/mol. The molecule has 14 heteroatoms. The van der Waals surface area contributed by atoms with Crippen molar-refractivity contribution >= 4 is 23.6 Å². The van der Waals surface area contributed by atoms with E-state index in [0.717, 1.165) is 92.4 Å². The zero-order valence-corrected chi connectivity index (χ0v) is 45.4. The van der Waals surface area contributed by atoms with Crippen molar-refractivity contribution in [1.82, 2.24) is 4.90 Å². The van der Waals surface area contributed by atoms with Crippen molar-refractivity contribution < 1.29 is 53.0 Å². The van der Waals surface area contributed by atoms with Crippen molar-refractivity contribution in [1.29, 1.82) is 0 Å². The Labute approximate surface area is 450 Å². The molecular formula is C61H84N2O11S. The number of benzene rings is 3. The lowest BCUT2D eigenvalue weighted by atomic mass is 9.55. The molecule has 1 saturated heterocycles. The van der Waals surface area contributed by atoms with E-state index in [2.05, 4.69) is 37.8 Å². The summed E-state index contributed by atoms with van der Waals surface area (Å²) < 4.78 is 45.5. The Hall–Kier alpha value is -4.73. The predicted molar refractivity (Wildman–Crippen MR) is 294 cm³/mol. The van der Waals surface area contributed by atoms with Gasteiger partial charge in [-0.2, -0.15) is 0 Å². The van der Waals surface area contributed by atoms with Gasteiger partial charge in [-0.1, -0.05) is 119 Å². The van der Waals surface area contributed by atoms with Gasteiger partial charge in [-0.15, -0.1) is 18.3 Å². The maximum absolute atomic E-state index is 15.3. The quantitative estimate of drug-likeness (QED) is 0.0265. The topological polar surface area (TPSA) is 147 Å². The molecule has 8 rings (SSSR count). The van der Waals surface area contributed by atoms with Crippen LogP contribution < -0.4 is 18.9 Å². The van der Waals surface area contributed by atoms with Crippen LogP contribution >= 0.6 is 11.8 Å². The van der Waals surface area contributed by atoms with Crippen molar-refractivity contribution in [2.75, 3.05) is 52.2 Å². The molecule has 3 heterocycles. The molecule has 2 fully saturated rings. The second-order valence-electron chi connectivity index (χ2n) is 20.8. The molecule has 410 valence electrons. The van der Waals surface area contributed by atoms with Crippen molar-refractivity contribution in [3.63, 3.8) is 0 Å². The van der Waals surface area contributed by atoms with Gasteiger partial charge in [0.15, 0.2) is 11.5 Å². The number of allylic oxidation sites excluding steroid dienone is 1. The van der Waals surface area contributed by atoms with E-state index in [-0.39, 0.29) is 63.9 Å². The largest absolute Gasteiger partial charge is 0.493 e. The first-order chi connectivity index (χ1) is 37.0. The van der Waals surface area contributed by atoms with Crippen LogP contribution in [0.25, 0.3) is 0 Å². The molecule has 2 N–H and O–H groups in total. The molecule has 1 saturated carbocycles. The third-order valence-corrected chi connectivity index (χ3v) is 16.5. The number of aliphatic hydroxyl groups excluding tert-OH is 2. The average Bonchev–Trinajstić information content (AvgIpc) is 3.99. The minimum absolute atomic E-state index is 0.0513. The fourth-order valence-corrected chi connectivity index (χ4v) is 12.6. The van der Waals surface area contributed by atoms with E-state index < -0.39 is 30.1 Å². The first-order valence-corrected chi connectivity index (χ1v) is 29.4. The zero-order chi connectivity index (χ0) is 52.1. The number of hydrogen-bond donors (Lipinski definition) is 2. The molecule has 0 bridgehead atoms. The van der Waals surface area contributed by atoms with Crippen LogP contribution in [0.2, 0.25) is 0 Å². The van der Waals surface area contributed by atoms with Crippen LogP contribution in [0.1, 0.15) is 152 Å². The lowest BCUT2D eigenvalue weighted by Gasteiger charge is -2.60. The van der Waals surface area contributed by atoms with Crippen molar-refractivity contribution in [3.05, 3.63) is 102 Å². The molecule has 7 atom stereocenters. The van der Waals surface area contributed by atoms with Gasteiger partial charge in [0.25, 0.3) is 0 Å². The Balaban J connectivity index is 1.20. The summed E-state index contributed by atoms with van der Waals surface area (Å²) in [7, 11) is 0. The van der Waals surface area contributed by atoms with E-state index in [1.54, 1.807) is 22.7 Å². The van der Waals surface area contributed by atoms with E-state index in [0.29, 0.717) is 49.0 Å². The van der Waals surface area contributed by atoms with Crippen LogP contribution in [0, 0.1) is 17.8 Å². The summed E-state index contributed by atoms with van der Waals surface area (Å²) in [5.41, 5.74) is 3.50. The van der Waals surface area contributed by atoms with Crippen molar-refractivity contribution in [2.45, 2.75) is 171 Å². The van der Waals surface area contributed by atoms with Crippen LogP contribution in [0.15, 0.2) is 101 Å². The van der Waals surface area contributed by atoms with Gasteiger partial charge in [0, 0.05) is 54.7 Å². The number of amides is 1. The molecule has 1 amide bonds. The highest BCUT2D eigenvalue weighted by atomic mass is 32.2. The highest BCUT2D eigenvalue weighted by Gasteiger charge is 2.66. The van der Waals surface area contributed by atoms with Gasteiger partial charge in [-0.3, -0.25) is 4.90 Å². The van der Waals surface area contributed by atoms with E-state index in [9.17, 15) is 10.2 Å². The average molecular weight is 1050 g/mol. The van der Waals surface area contributed by atoms with Gasteiger partial charge < -0.3 is 48.2 Å². The molecule has 75 heavy (non-hydrogen) atoms. The number of fused-ring (bicyclic) bond motifs is 3. The highest BCUT2D eigenvalue weighted by molar-refractivity contribution is 7.99. The summed E-state index contributed by atoms with van der Waals surface area (Å²) in [4.78, 5) is 24.7. The summed E-state index contributed by atoms with van der Waals surface area (Å²) in [5, 5.41) is 25.3. The number of rotatable bonds is 32. The fourth-order valence-electron chi connectivity index (χ4n) is 11.9. The normalized spacial score (nSPS) is 23.9. The molecule has 7 unspecified atom stereocenters. The fraction of sp³-hybridized carbons (Fsp3) is 0.607. The van der Waals surface area contributed by atoms with Gasteiger partial charge in [-0.05, 0) is 110 Å². The first-order valence-electron chi connectivity index (χ1n) is 28.4. The van der Waals surface area contributed by atoms with Gasteiger partial charge in [-0.25, -0.2) is 4.79 Å². The molecule has 3 aromatic rings. The first kappa shape index (κ1) is 56.5. The number of nitrogens with zero attached hydrogens (tertiary/aromatic N) is 2. The van der Waals surface area contributed by atoms with Gasteiger partial charge in [0.1, 0.15) is 17.5 Å². The standard InChI is InChI=1S/C61H84N2O11S/c1-3-5-6-7-8-9-10-11-12-21-36-69-60(66)63(43-45-28-30-54-55(39-45)71-44-70-54)56-42-52(62-74-57-27-18-22-35-68-57)50-40-46(23-16-19-32-64)49(26-17-20-33-65)58-51-41-47(67-37-38-75-48-24-14-13-15-25-48)29-31-53(51)73-61(56,59(50)58)72-34-4-2/h4,13-15,24-25,28-31,39-41,46,49,56-59,64-65H,2-3,5-12,16-23,26-27,32-38,42-44H2,1H3. The molecular weight excluding hydrogens is 969 g/mol. The smallest absolute Gasteiger partial charge is 0.410 e. The van der Waals surface area contributed by atoms with Crippen LogP contribution in [-0.4, -0.2) is 97.2 Å². The maximum Gasteiger partial charge on any atom is 0.410 e. The summed E-state index contributed by atoms with van der Waals surface area (Å²) in [5.74, 6) is 1.39. The molecule has 13 nitrogen and oxygen atoms in total. The number of hydrogen-bond acceptors (Lipinski definition) is 13. The third kappa shape index (κ3) is 15.1. The van der Waals surface area contributed by atoms with Crippen molar-refractivity contribution in [2.24, 2.45) is 22.9 Å². The molecule has 0 radical (unpaired) electrons. The summed E-state index contributed by atoms with van der Waals surface area (Å²) in [6.07, 6.45) is 22.3. The Morgan fingerprint density at radius 2 is 1.61 bits per heavy atom. The number of carbonyl (C=O) groups is 1. The van der Waals surface area contributed by atoms with Crippen LogP contribution in [-0.2, 0) is 25.6 Å². The maximum atomic E-state index is 15.3. The van der Waals surface area contributed by atoms with Crippen LogP contribution in [0.3, 0.4) is 0 Å². The Kier molecular flexibility index (Phi) is 22.4. The van der Waals surface area contributed by atoms with E-state index >= 15 is 4.79 Å². The number of oxime groups is 1. The SMILES string of the molecule is C=CCOC12Oc3ccc(OCCSc4ccccc4)cc3C3C(CCCCO)C(CCCCO)C=C(C(=NOC4CCCCO4)CC1N(Cc1ccc4c(c1)OCO4)C(=O)OCCCCCCCCCCCC)C32. The lowest BCUT2D eigenvalue weighted by Crippen LogP contribution is -2.70.